The van der Waals surface area contributed by atoms with Gasteiger partial charge in [0.2, 0.25) is 5.91 Å². The molecule has 1 aromatic heterocycles. The number of thiazole rings is 1. The molecule has 0 bridgehead atoms. The van der Waals surface area contributed by atoms with Crippen LogP contribution in [0.1, 0.15) is 25.7 Å². The number of piperazine rings is 1. The van der Waals surface area contributed by atoms with E-state index >= 15 is 0 Å². The van der Waals surface area contributed by atoms with Crippen molar-refractivity contribution in [2.24, 2.45) is 0 Å². The first-order valence-electron chi connectivity index (χ1n) is 9.73. The number of likely N-dealkylation sites (tertiary alicyclic amines) is 1. The summed E-state index contributed by atoms with van der Waals surface area (Å²) in [6.07, 6.45) is 1.99. The van der Waals surface area contributed by atoms with Crippen molar-refractivity contribution in [3.63, 3.8) is 0 Å². The van der Waals surface area contributed by atoms with Gasteiger partial charge in [-0.25, -0.2) is 4.98 Å². The molecule has 3 aliphatic rings. The molecule has 8 nitrogen and oxygen atoms in total. The standard InChI is InChI=1S/C20H21N5O3S/c26-17-10-14-9-13(1-2-16(14)22-17)19(27)25-11-15(12-25)23-4-6-24(7-5-23)20(28)18-21-3-8-29-18/h1-3,8-9,15H,4-7,10-12H2,(H,22,26). The summed E-state index contributed by atoms with van der Waals surface area (Å²) >= 11 is 1.37. The van der Waals surface area contributed by atoms with E-state index in [0.717, 1.165) is 24.3 Å². The molecule has 4 heterocycles. The number of aromatic nitrogens is 1. The van der Waals surface area contributed by atoms with Gasteiger partial charge in [0.05, 0.1) is 6.42 Å². The Hall–Kier alpha value is -2.78. The third-order valence-corrected chi connectivity index (χ3v) is 6.62. The molecule has 0 atom stereocenters. The first-order chi connectivity index (χ1) is 14.1. The molecule has 0 unspecified atom stereocenters. The molecule has 150 valence electrons. The Morgan fingerprint density at radius 2 is 1.86 bits per heavy atom. The molecule has 0 saturated carbocycles. The van der Waals surface area contributed by atoms with Crippen LogP contribution in [0.15, 0.2) is 29.8 Å². The zero-order valence-electron chi connectivity index (χ0n) is 15.8. The molecular weight excluding hydrogens is 390 g/mol. The summed E-state index contributed by atoms with van der Waals surface area (Å²) in [5, 5.41) is 5.15. The summed E-state index contributed by atoms with van der Waals surface area (Å²) in [4.78, 5) is 46.8. The zero-order chi connectivity index (χ0) is 20.0. The molecule has 2 fully saturated rings. The molecule has 9 heteroatoms. The minimum Gasteiger partial charge on any atom is -0.335 e. The normalized spacial score (nSPS) is 19.7. The Bertz CT molecular complexity index is 963. The molecule has 3 aliphatic heterocycles. The highest BCUT2D eigenvalue weighted by molar-refractivity contribution is 7.11. The van der Waals surface area contributed by atoms with Crippen molar-refractivity contribution in [3.05, 3.63) is 45.9 Å². The largest absolute Gasteiger partial charge is 0.335 e. The maximum absolute atomic E-state index is 12.8. The Labute approximate surface area is 172 Å². The van der Waals surface area contributed by atoms with E-state index in [1.54, 1.807) is 12.3 Å². The Morgan fingerprint density at radius 1 is 1.07 bits per heavy atom. The molecule has 3 amide bonds. The summed E-state index contributed by atoms with van der Waals surface area (Å²) < 4.78 is 0. The second-order valence-electron chi connectivity index (χ2n) is 7.63. The maximum atomic E-state index is 12.8. The molecule has 2 aromatic rings. The van der Waals surface area contributed by atoms with E-state index < -0.39 is 0 Å². The van der Waals surface area contributed by atoms with Crippen LogP contribution in [0.5, 0.6) is 0 Å². The van der Waals surface area contributed by atoms with Crippen LogP contribution in [0.3, 0.4) is 0 Å². The molecule has 2 saturated heterocycles. The van der Waals surface area contributed by atoms with Crippen LogP contribution in [0.2, 0.25) is 0 Å². The second-order valence-corrected chi connectivity index (χ2v) is 8.52. The Morgan fingerprint density at radius 3 is 2.59 bits per heavy atom. The van der Waals surface area contributed by atoms with Gasteiger partial charge in [-0.1, -0.05) is 0 Å². The summed E-state index contributed by atoms with van der Waals surface area (Å²) in [6, 6.07) is 5.76. The topological polar surface area (TPSA) is 85.9 Å². The molecule has 1 N–H and O–H groups in total. The van der Waals surface area contributed by atoms with Crippen molar-refractivity contribution in [3.8, 4) is 0 Å². The molecule has 0 spiro atoms. The van der Waals surface area contributed by atoms with Gasteiger partial charge in [-0.05, 0) is 23.8 Å². The van der Waals surface area contributed by atoms with Crippen LogP contribution >= 0.6 is 11.3 Å². The molecule has 1 aromatic carbocycles. The lowest BCUT2D eigenvalue weighted by Gasteiger charge is -2.48. The summed E-state index contributed by atoms with van der Waals surface area (Å²) in [5.41, 5.74) is 2.33. The summed E-state index contributed by atoms with van der Waals surface area (Å²) in [7, 11) is 0. The average Bonchev–Trinajstić information content (AvgIpc) is 3.35. The number of carbonyl (C=O) groups excluding carboxylic acids is 3. The lowest BCUT2D eigenvalue weighted by atomic mass is 10.0. The number of hydrogen-bond acceptors (Lipinski definition) is 6. The molecule has 0 radical (unpaired) electrons. The monoisotopic (exact) mass is 411 g/mol. The average molecular weight is 411 g/mol. The van der Waals surface area contributed by atoms with Gasteiger partial charge < -0.3 is 15.1 Å². The van der Waals surface area contributed by atoms with Gasteiger partial charge in [0, 0.05) is 68.1 Å². The van der Waals surface area contributed by atoms with Crippen molar-refractivity contribution >= 4 is 34.7 Å². The van der Waals surface area contributed by atoms with Crippen molar-refractivity contribution < 1.29 is 14.4 Å². The third kappa shape index (κ3) is 3.40. The second kappa shape index (κ2) is 7.23. The molecule has 5 rings (SSSR count). The van der Waals surface area contributed by atoms with Gasteiger partial charge in [0.1, 0.15) is 0 Å². The minimum atomic E-state index is -0.0268. The number of amides is 3. The fraction of sp³-hybridized carbons (Fsp3) is 0.400. The van der Waals surface area contributed by atoms with Crippen LogP contribution in [0.4, 0.5) is 5.69 Å². The van der Waals surface area contributed by atoms with Gasteiger partial charge in [0.15, 0.2) is 5.01 Å². The zero-order valence-corrected chi connectivity index (χ0v) is 16.7. The highest BCUT2D eigenvalue weighted by Crippen LogP contribution is 2.26. The Balaban J connectivity index is 1.13. The number of hydrogen-bond donors (Lipinski definition) is 1. The van der Waals surface area contributed by atoms with Crippen molar-refractivity contribution in [2.75, 3.05) is 44.6 Å². The third-order valence-electron chi connectivity index (χ3n) is 5.86. The predicted octanol–water partition coefficient (Wildman–Crippen LogP) is 0.920. The first-order valence-corrected chi connectivity index (χ1v) is 10.6. The van der Waals surface area contributed by atoms with Crippen molar-refractivity contribution in [1.29, 1.82) is 0 Å². The van der Waals surface area contributed by atoms with E-state index in [-0.39, 0.29) is 17.7 Å². The van der Waals surface area contributed by atoms with E-state index in [9.17, 15) is 14.4 Å². The van der Waals surface area contributed by atoms with Crippen LogP contribution in [0.25, 0.3) is 0 Å². The number of nitrogens with one attached hydrogen (secondary N) is 1. The maximum Gasteiger partial charge on any atom is 0.282 e. The summed E-state index contributed by atoms with van der Waals surface area (Å²) in [6.45, 7) is 4.41. The SMILES string of the molecule is O=C1Cc2cc(C(=O)N3CC(N4CCN(C(=O)c5nccs5)CC4)C3)ccc2N1. The van der Waals surface area contributed by atoms with Gasteiger partial charge in [-0.3, -0.25) is 19.3 Å². The fourth-order valence-corrected chi connectivity index (χ4v) is 4.75. The van der Waals surface area contributed by atoms with E-state index in [4.69, 9.17) is 0 Å². The van der Waals surface area contributed by atoms with Crippen LogP contribution in [-0.4, -0.2) is 82.7 Å². The van der Waals surface area contributed by atoms with Crippen molar-refractivity contribution in [1.82, 2.24) is 19.7 Å². The van der Waals surface area contributed by atoms with Crippen LogP contribution in [-0.2, 0) is 11.2 Å². The fourth-order valence-electron chi connectivity index (χ4n) is 4.15. The van der Waals surface area contributed by atoms with Gasteiger partial charge >= 0.3 is 0 Å². The number of fused-ring (bicyclic) bond motifs is 1. The molecule has 0 aliphatic carbocycles. The van der Waals surface area contributed by atoms with Gasteiger partial charge in [-0.2, -0.15) is 0 Å². The number of rotatable bonds is 3. The molecule has 29 heavy (non-hydrogen) atoms. The van der Waals surface area contributed by atoms with E-state index in [1.807, 2.05) is 27.3 Å². The van der Waals surface area contributed by atoms with Gasteiger partial charge in [0.25, 0.3) is 11.8 Å². The highest BCUT2D eigenvalue weighted by atomic mass is 32.1. The predicted molar refractivity (Wildman–Crippen MR) is 108 cm³/mol. The number of benzene rings is 1. The van der Waals surface area contributed by atoms with E-state index in [2.05, 4.69) is 15.2 Å². The minimum absolute atomic E-state index is 0.00893. The number of nitrogens with zero attached hydrogens (tertiary/aromatic N) is 4. The smallest absolute Gasteiger partial charge is 0.282 e. The molecular formula is C20H21N5O3S. The van der Waals surface area contributed by atoms with E-state index in [0.29, 0.717) is 49.2 Å². The lowest BCUT2D eigenvalue weighted by Crippen LogP contribution is -2.64. The lowest BCUT2D eigenvalue weighted by molar-refractivity contribution is -0.115. The highest BCUT2D eigenvalue weighted by Gasteiger charge is 2.37. The quantitative estimate of drug-likeness (QED) is 0.812. The Kier molecular flexibility index (Phi) is 4.56. The number of carbonyl (C=O) groups is 3. The first kappa shape index (κ1) is 18.3. The van der Waals surface area contributed by atoms with E-state index in [1.165, 1.54) is 11.3 Å². The number of anilines is 1. The van der Waals surface area contributed by atoms with Crippen LogP contribution in [0, 0.1) is 0 Å². The van der Waals surface area contributed by atoms with Gasteiger partial charge in [-0.15, -0.1) is 11.3 Å². The van der Waals surface area contributed by atoms with Crippen molar-refractivity contribution in [2.45, 2.75) is 12.5 Å². The summed E-state index contributed by atoms with van der Waals surface area (Å²) in [5.74, 6) is -0.00303. The van der Waals surface area contributed by atoms with Crippen LogP contribution < -0.4 is 5.32 Å².